The van der Waals surface area contributed by atoms with E-state index < -0.39 is 0 Å². The maximum atomic E-state index is 6.01. The van der Waals surface area contributed by atoms with E-state index in [0.29, 0.717) is 0 Å². The first-order valence-electron chi connectivity index (χ1n) is 6.76. The van der Waals surface area contributed by atoms with Crippen LogP contribution in [0.4, 0.5) is 0 Å². The van der Waals surface area contributed by atoms with Crippen molar-refractivity contribution in [2.75, 3.05) is 19.6 Å². The van der Waals surface area contributed by atoms with Crippen LogP contribution in [0.2, 0.25) is 0 Å². The molecule has 0 aromatic carbocycles. The Kier molecular flexibility index (Phi) is 3.88. The Morgan fingerprint density at radius 3 is 2.81 bits per heavy atom. The molecular weight excluding hydrogens is 200 g/mol. The Labute approximate surface area is 99.5 Å². The van der Waals surface area contributed by atoms with E-state index in [4.69, 9.17) is 4.74 Å². The van der Waals surface area contributed by atoms with Crippen molar-refractivity contribution in [3.8, 4) is 0 Å². The molecule has 2 saturated heterocycles. The quantitative estimate of drug-likeness (QED) is 0.796. The monoisotopic (exact) mass is 226 g/mol. The predicted molar refractivity (Wildman–Crippen MR) is 66.5 cm³/mol. The Morgan fingerprint density at radius 1 is 1.38 bits per heavy atom. The summed E-state index contributed by atoms with van der Waals surface area (Å²) in [4.78, 5) is 2.61. The second-order valence-electron chi connectivity index (χ2n) is 5.76. The molecule has 2 aliphatic heterocycles. The molecule has 0 spiro atoms. The molecule has 1 N–H and O–H groups in total. The van der Waals surface area contributed by atoms with Crippen molar-refractivity contribution < 1.29 is 4.74 Å². The lowest BCUT2D eigenvalue weighted by molar-refractivity contribution is -0.0326. The van der Waals surface area contributed by atoms with Gasteiger partial charge in [0.05, 0.1) is 5.60 Å². The molecule has 0 aromatic rings. The zero-order chi connectivity index (χ0) is 11.6. The summed E-state index contributed by atoms with van der Waals surface area (Å²) in [6.45, 7) is 10.0. The number of nitrogens with one attached hydrogen (secondary N) is 1. The minimum atomic E-state index is 0.0242. The van der Waals surface area contributed by atoms with Gasteiger partial charge in [-0.25, -0.2) is 0 Å². The van der Waals surface area contributed by atoms with Crippen LogP contribution in [-0.4, -0.2) is 42.4 Å². The molecule has 0 aliphatic carbocycles. The first-order chi connectivity index (χ1) is 7.61. The fourth-order valence-corrected chi connectivity index (χ4v) is 2.95. The van der Waals surface area contributed by atoms with Gasteiger partial charge < -0.3 is 9.64 Å². The van der Waals surface area contributed by atoms with Crippen molar-refractivity contribution in [3.63, 3.8) is 0 Å². The molecule has 3 nitrogen and oxygen atoms in total. The maximum Gasteiger partial charge on any atom is 0.110 e. The Morgan fingerprint density at radius 2 is 2.19 bits per heavy atom. The van der Waals surface area contributed by atoms with Gasteiger partial charge in [-0.15, -0.1) is 0 Å². The minimum absolute atomic E-state index is 0.0242. The number of hydrogen-bond acceptors (Lipinski definition) is 3. The minimum Gasteiger partial charge on any atom is -0.356 e. The van der Waals surface area contributed by atoms with Crippen LogP contribution >= 0.6 is 0 Å². The summed E-state index contributed by atoms with van der Waals surface area (Å²) in [5.41, 5.74) is 0.0242. The van der Waals surface area contributed by atoms with E-state index in [1.54, 1.807) is 0 Å². The van der Waals surface area contributed by atoms with Gasteiger partial charge >= 0.3 is 0 Å². The smallest absolute Gasteiger partial charge is 0.110 e. The normalized spacial score (nSPS) is 35.4. The van der Waals surface area contributed by atoms with Crippen LogP contribution < -0.4 is 5.32 Å². The average molecular weight is 226 g/mol. The first kappa shape index (κ1) is 12.3. The number of hydrogen-bond donors (Lipinski definition) is 1. The number of rotatable bonds is 3. The molecule has 2 unspecified atom stereocenters. The summed E-state index contributed by atoms with van der Waals surface area (Å²) in [5.74, 6) is 0. The standard InChI is InChI=1S/C13H26N2O/c1-4-15-8-6-5-7-11(15)9-12-14-10-13(2,3)16-12/h11-12,14H,4-10H2,1-3H3. The van der Waals surface area contributed by atoms with Crippen molar-refractivity contribution in [2.24, 2.45) is 0 Å². The fraction of sp³-hybridized carbons (Fsp3) is 1.00. The molecule has 0 saturated carbocycles. The van der Waals surface area contributed by atoms with Crippen LogP contribution in [0, 0.1) is 0 Å². The van der Waals surface area contributed by atoms with Crippen molar-refractivity contribution >= 4 is 0 Å². The third-order valence-corrected chi connectivity index (χ3v) is 3.86. The lowest BCUT2D eigenvalue weighted by Crippen LogP contribution is -2.43. The summed E-state index contributed by atoms with van der Waals surface area (Å²) in [6, 6.07) is 0.727. The highest BCUT2D eigenvalue weighted by Gasteiger charge is 2.34. The van der Waals surface area contributed by atoms with Gasteiger partial charge in [0.1, 0.15) is 6.23 Å². The van der Waals surface area contributed by atoms with Gasteiger partial charge in [-0.1, -0.05) is 13.3 Å². The third-order valence-electron chi connectivity index (χ3n) is 3.86. The zero-order valence-corrected chi connectivity index (χ0v) is 11.0. The van der Waals surface area contributed by atoms with Crippen molar-refractivity contribution in [3.05, 3.63) is 0 Å². The molecule has 0 amide bonds. The van der Waals surface area contributed by atoms with Gasteiger partial charge in [0.15, 0.2) is 0 Å². The van der Waals surface area contributed by atoms with Gasteiger partial charge in [-0.05, 0) is 39.8 Å². The summed E-state index contributed by atoms with van der Waals surface area (Å²) in [5, 5.41) is 3.49. The molecular formula is C13H26N2O. The van der Waals surface area contributed by atoms with Crippen LogP contribution in [-0.2, 0) is 4.74 Å². The second kappa shape index (κ2) is 5.03. The van der Waals surface area contributed by atoms with Crippen molar-refractivity contribution in [1.29, 1.82) is 0 Å². The molecule has 2 heterocycles. The van der Waals surface area contributed by atoms with Gasteiger partial charge in [-0.3, -0.25) is 5.32 Å². The van der Waals surface area contributed by atoms with Crippen LogP contribution in [0.15, 0.2) is 0 Å². The topological polar surface area (TPSA) is 24.5 Å². The van der Waals surface area contributed by atoms with Crippen LogP contribution in [0.5, 0.6) is 0 Å². The fourth-order valence-electron chi connectivity index (χ4n) is 2.95. The largest absolute Gasteiger partial charge is 0.356 e. The second-order valence-corrected chi connectivity index (χ2v) is 5.76. The number of likely N-dealkylation sites (tertiary alicyclic amines) is 1. The van der Waals surface area contributed by atoms with E-state index in [1.165, 1.54) is 32.4 Å². The molecule has 2 fully saturated rings. The Hall–Kier alpha value is -0.120. The number of piperidine rings is 1. The summed E-state index contributed by atoms with van der Waals surface area (Å²) < 4.78 is 6.01. The highest BCUT2D eigenvalue weighted by Crippen LogP contribution is 2.25. The van der Waals surface area contributed by atoms with E-state index in [-0.39, 0.29) is 11.8 Å². The molecule has 2 rings (SSSR count). The first-order valence-corrected chi connectivity index (χ1v) is 6.76. The molecule has 0 bridgehead atoms. The average Bonchev–Trinajstić information content (AvgIpc) is 2.59. The van der Waals surface area contributed by atoms with E-state index in [0.717, 1.165) is 19.0 Å². The third kappa shape index (κ3) is 2.96. The van der Waals surface area contributed by atoms with E-state index in [9.17, 15) is 0 Å². The van der Waals surface area contributed by atoms with Gasteiger partial charge in [0, 0.05) is 19.0 Å². The van der Waals surface area contributed by atoms with Gasteiger partial charge in [-0.2, -0.15) is 0 Å². The number of ether oxygens (including phenoxy) is 1. The van der Waals surface area contributed by atoms with Crippen LogP contribution in [0.25, 0.3) is 0 Å². The van der Waals surface area contributed by atoms with Crippen molar-refractivity contribution in [1.82, 2.24) is 10.2 Å². The molecule has 0 radical (unpaired) electrons. The van der Waals surface area contributed by atoms with E-state index >= 15 is 0 Å². The lowest BCUT2D eigenvalue weighted by Gasteiger charge is -2.36. The Bertz CT molecular complexity index is 230. The van der Waals surface area contributed by atoms with Gasteiger partial charge in [0.2, 0.25) is 0 Å². The summed E-state index contributed by atoms with van der Waals surface area (Å²) in [6.07, 6.45) is 5.52. The predicted octanol–water partition coefficient (Wildman–Crippen LogP) is 1.98. The van der Waals surface area contributed by atoms with Crippen LogP contribution in [0.1, 0.15) is 46.5 Å². The molecule has 3 heteroatoms. The number of nitrogens with zero attached hydrogens (tertiary/aromatic N) is 1. The maximum absolute atomic E-state index is 6.01. The molecule has 94 valence electrons. The van der Waals surface area contributed by atoms with E-state index in [2.05, 4.69) is 31.0 Å². The molecule has 2 aliphatic rings. The SMILES string of the molecule is CCN1CCCCC1CC1NCC(C)(C)O1. The molecule has 0 aromatic heterocycles. The highest BCUT2D eigenvalue weighted by molar-refractivity contribution is 4.85. The molecule has 2 atom stereocenters. The van der Waals surface area contributed by atoms with E-state index in [1.807, 2.05) is 0 Å². The van der Waals surface area contributed by atoms with Crippen molar-refractivity contribution in [2.45, 2.75) is 64.3 Å². The zero-order valence-electron chi connectivity index (χ0n) is 11.0. The van der Waals surface area contributed by atoms with Crippen LogP contribution in [0.3, 0.4) is 0 Å². The lowest BCUT2D eigenvalue weighted by atomic mass is 9.99. The summed E-state index contributed by atoms with van der Waals surface area (Å²) in [7, 11) is 0. The summed E-state index contributed by atoms with van der Waals surface area (Å²) >= 11 is 0. The molecule has 16 heavy (non-hydrogen) atoms. The van der Waals surface area contributed by atoms with Gasteiger partial charge in [0.25, 0.3) is 0 Å². The highest BCUT2D eigenvalue weighted by atomic mass is 16.5. The Balaban J connectivity index is 1.84.